The quantitative estimate of drug-likeness (QED) is 0.780. The predicted molar refractivity (Wildman–Crippen MR) is 117 cm³/mol. The zero-order valence-corrected chi connectivity index (χ0v) is 18.0. The summed E-state index contributed by atoms with van der Waals surface area (Å²) in [5, 5.41) is 6.00. The first-order valence-electron chi connectivity index (χ1n) is 10.5. The number of hydrogen-bond acceptors (Lipinski definition) is 5. The molecule has 31 heavy (non-hydrogen) atoms. The van der Waals surface area contributed by atoms with Crippen LogP contribution < -0.4 is 15.5 Å². The molecule has 2 aliphatic rings. The van der Waals surface area contributed by atoms with Gasteiger partial charge in [0.25, 0.3) is 0 Å². The van der Waals surface area contributed by atoms with Crippen LogP contribution in [0, 0.1) is 5.41 Å². The number of carbonyl (C=O) groups is 3. The minimum Gasteiger partial charge on any atom is -0.467 e. The van der Waals surface area contributed by atoms with E-state index in [1.807, 2.05) is 24.3 Å². The Bertz CT molecular complexity index is 1050. The third-order valence-corrected chi connectivity index (χ3v) is 5.83. The molecule has 2 aromatic rings. The summed E-state index contributed by atoms with van der Waals surface area (Å²) in [4.78, 5) is 40.3. The molecule has 1 aliphatic carbocycles. The van der Waals surface area contributed by atoms with E-state index in [-0.39, 0.29) is 35.9 Å². The number of nitrogens with one attached hydrogen (secondary N) is 2. The number of benzene rings is 1. The lowest BCUT2D eigenvalue weighted by molar-refractivity contribution is -0.125. The van der Waals surface area contributed by atoms with E-state index >= 15 is 0 Å². The lowest BCUT2D eigenvalue weighted by Crippen LogP contribution is -2.39. The van der Waals surface area contributed by atoms with Crippen LogP contribution in [0.15, 0.2) is 58.3 Å². The average Bonchev–Trinajstić information content (AvgIpc) is 3.20. The van der Waals surface area contributed by atoms with Crippen molar-refractivity contribution in [3.8, 4) is 0 Å². The van der Waals surface area contributed by atoms with Crippen molar-refractivity contribution in [2.45, 2.75) is 45.6 Å². The highest BCUT2D eigenvalue weighted by molar-refractivity contribution is 6.06. The summed E-state index contributed by atoms with van der Waals surface area (Å²) in [7, 11) is 1.54. The molecule has 2 heterocycles. The van der Waals surface area contributed by atoms with Gasteiger partial charge in [0.1, 0.15) is 11.8 Å². The first-order chi connectivity index (χ1) is 14.8. The van der Waals surface area contributed by atoms with Gasteiger partial charge >= 0.3 is 0 Å². The van der Waals surface area contributed by atoms with Gasteiger partial charge in [-0.3, -0.25) is 19.3 Å². The summed E-state index contributed by atoms with van der Waals surface area (Å²) in [5.74, 6) is 0.0644. The van der Waals surface area contributed by atoms with Crippen molar-refractivity contribution in [1.29, 1.82) is 0 Å². The Hall–Kier alpha value is -3.35. The third kappa shape index (κ3) is 4.00. The molecule has 4 rings (SSSR count). The summed E-state index contributed by atoms with van der Waals surface area (Å²) >= 11 is 0. The van der Waals surface area contributed by atoms with Gasteiger partial charge in [-0.1, -0.05) is 26.0 Å². The molecule has 2 amide bonds. The maximum Gasteiger partial charge on any atom is 0.228 e. The van der Waals surface area contributed by atoms with E-state index in [0.29, 0.717) is 29.9 Å². The van der Waals surface area contributed by atoms with Gasteiger partial charge in [-0.2, -0.15) is 0 Å². The average molecular weight is 421 g/mol. The van der Waals surface area contributed by atoms with E-state index < -0.39 is 6.04 Å². The van der Waals surface area contributed by atoms with Gasteiger partial charge in [-0.05, 0) is 36.1 Å². The number of ketones is 1. The molecule has 162 valence electrons. The topological polar surface area (TPSA) is 91.7 Å². The Morgan fingerprint density at radius 3 is 2.65 bits per heavy atom. The Balaban J connectivity index is 1.88. The van der Waals surface area contributed by atoms with Crippen LogP contribution in [0.25, 0.3) is 0 Å². The zero-order chi connectivity index (χ0) is 22.2. The fourth-order valence-electron chi connectivity index (χ4n) is 4.44. The first-order valence-corrected chi connectivity index (χ1v) is 10.5. The summed E-state index contributed by atoms with van der Waals surface area (Å²) in [6, 6.07) is 10.3. The van der Waals surface area contributed by atoms with Gasteiger partial charge in [0.05, 0.1) is 17.6 Å². The van der Waals surface area contributed by atoms with E-state index in [1.165, 1.54) is 0 Å². The highest BCUT2D eigenvalue weighted by Crippen LogP contribution is 2.48. The zero-order valence-electron chi connectivity index (χ0n) is 18.0. The van der Waals surface area contributed by atoms with Crippen LogP contribution in [0.3, 0.4) is 0 Å². The third-order valence-electron chi connectivity index (χ3n) is 5.83. The molecule has 1 aromatic heterocycles. The molecule has 7 heteroatoms. The fraction of sp³-hybridized carbons (Fsp3) is 0.375. The SMILES string of the molecule is CNC(=O)CCC(=O)N1c2ccccc2NC2=C(C(=O)CC(C)(C)C2)[C@H]1c1ccco1. The molecule has 1 aliphatic heterocycles. The Morgan fingerprint density at radius 2 is 1.94 bits per heavy atom. The monoisotopic (exact) mass is 421 g/mol. The van der Waals surface area contributed by atoms with Crippen molar-refractivity contribution in [2.24, 2.45) is 5.41 Å². The predicted octanol–water partition coefficient (Wildman–Crippen LogP) is 3.95. The lowest BCUT2D eigenvalue weighted by Gasteiger charge is -2.36. The molecular formula is C24H27N3O4. The largest absolute Gasteiger partial charge is 0.467 e. The number of anilines is 2. The molecule has 1 aromatic carbocycles. The number of allylic oxidation sites excluding steroid dienone is 1. The van der Waals surface area contributed by atoms with E-state index in [2.05, 4.69) is 24.5 Å². The van der Waals surface area contributed by atoms with Crippen LogP contribution in [0.4, 0.5) is 11.4 Å². The molecule has 0 saturated carbocycles. The molecule has 0 fully saturated rings. The number of para-hydroxylation sites is 2. The number of Topliss-reactive ketones (excluding diaryl/α,β-unsaturated/α-hetero) is 1. The Morgan fingerprint density at radius 1 is 1.16 bits per heavy atom. The molecule has 2 N–H and O–H groups in total. The van der Waals surface area contributed by atoms with Gasteiger partial charge < -0.3 is 15.1 Å². The van der Waals surface area contributed by atoms with E-state index in [4.69, 9.17) is 4.42 Å². The number of nitrogens with zero attached hydrogens (tertiary/aromatic N) is 1. The maximum absolute atomic E-state index is 13.5. The molecule has 7 nitrogen and oxygen atoms in total. The van der Waals surface area contributed by atoms with Gasteiger partial charge in [0.15, 0.2) is 5.78 Å². The molecule has 0 radical (unpaired) electrons. The molecule has 1 atom stereocenters. The smallest absolute Gasteiger partial charge is 0.228 e. The fourth-order valence-corrected chi connectivity index (χ4v) is 4.44. The molecule has 0 bridgehead atoms. The molecule has 0 spiro atoms. The van der Waals surface area contributed by atoms with Crippen LogP contribution in [-0.2, 0) is 14.4 Å². The van der Waals surface area contributed by atoms with Crippen LogP contribution in [0.2, 0.25) is 0 Å². The first kappa shape index (κ1) is 20.9. The van der Waals surface area contributed by atoms with E-state index in [1.54, 1.807) is 30.3 Å². The van der Waals surface area contributed by atoms with Crippen LogP contribution in [-0.4, -0.2) is 24.6 Å². The summed E-state index contributed by atoms with van der Waals surface area (Å²) in [6.07, 6.45) is 2.71. The van der Waals surface area contributed by atoms with Crippen molar-refractivity contribution in [3.05, 3.63) is 59.7 Å². The van der Waals surface area contributed by atoms with Crippen LogP contribution in [0.5, 0.6) is 0 Å². The molecule has 0 unspecified atom stereocenters. The van der Waals surface area contributed by atoms with Crippen LogP contribution in [0.1, 0.15) is 51.3 Å². The second-order valence-electron chi connectivity index (χ2n) is 8.83. The molecular weight excluding hydrogens is 394 g/mol. The lowest BCUT2D eigenvalue weighted by atomic mass is 9.74. The van der Waals surface area contributed by atoms with Crippen LogP contribution >= 0.6 is 0 Å². The van der Waals surface area contributed by atoms with Crippen molar-refractivity contribution >= 4 is 29.0 Å². The Kier molecular flexibility index (Phi) is 5.43. The standard InChI is InChI=1S/C24H27N3O4/c1-24(2)13-16-22(18(28)14-24)23(19-9-6-12-31-19)27(21(30)11-10-20(29)25-3)17-8-5-4-7-15(17)26-16/h4-9,12,23,26H,10-11,13-14H2,1-3H3,(H,25,29)/t23-/m1/s1. The van der Waals surface area contributed by atoms with E-state index in [9.17, 15) is 14.4 Å². The highest BCUT2D eigenvalue weighted by atomic mass is 16.3. The normalized spacial score (nSPS) is 19.8. The second kappa shape index (κ2) is 8.06. The second-order valence-corrected chi connectivity index (χ2v) is 8.83. The number of amides is 2. The number of rotatable bonds is 4. The minimum absolute atomic E-state index is 0.00272. The van der Waals surface area contributed by atoms with Gasteiger partial charge in [0, 0.05) is 37.6 Å². The van der Waals surface area contributed by atoms with Crippen molar-refractivity contribution in [3.63, 3.8) is 0 Å². The minimum atomic E-state index is -0.693. The van der Waals surface area contributed by atoms with Gasteiger partial charge in [0.2, 0.25) is 11.8 Å². The summed E-state index contributed by atoms with van der Waals surface area (Å²) in [5.41, 5.74) is 2.59. The number of hydrogen-bond donors (Lipinski definition) is 2. The van der Waals surface area contributed by atoms with Gasteiger partial charge in [-0.25, -0.2) is 0 Å². The highest BCUT2D eigenvalue weighted by Gasteiger charge is 2.44. The number of carbonyl (C=O) groups excluding carboxylic acids is 3. The van der Waals surface area contributed by atoms with Crippen molar-refractivity contribution < 1.29 is 18.8 Å². The van der Waals surface area contributed by atoms with Gasteiger partial charge in [-0.15, -0.1) is 0 Å². The van der Waals surface area contributed by atoms with Crippen molar-refractivity contribution in [1.82, 2.24) is 5.32 Å². The number of furan rings is 1. The summed E-state index contributed by atoms with van der Waals surface area (Å²) < 4.78 is 5.73. The maximum atomic E-state index is 13.5. The number of fused-ring (bicyclic) bond motifs is 1. The summed E-state index contributed by atoms with van der Waals surface area (Å²) in [6.45, 7) is 4.14. The Labute approximate surface area is 181 Å². The van der Waals surface area contributed by atoms with Crippen molar-refractivity contribution in [2.75, 3.05) is 17.3 Å². The van der Waals surface area contributed by atoms with E-state index in [0.717, 1.165) is 11.4 Å². The molecule has 0 saturated heterocycles.